The van der Waals surface area contributed by atoms with Crippen molar-refractivity contribution in [2.45, 2.75) is 26.4 Å². The lowest BCUT2D eigenvalue weighted by Gasteiger charge is -2.18. The zero-order valence-electron chi connectivity index (χ0n) is 15.2. The molecule has 0 radical (unpaired) electrons. The molecule has 1 aromatic carbocycles. The van der Waals surface area contributed by atoms with Gasteiger partial charge < -0.3 is 9.72 Å². The summed E-state index contributed by atoms with van der Waals surface area (Å²) in [6.45, 7) is 4.16. The largest absolute Gasteiger partial charge is 0.350 e. The van der Waals surface area contributed by atoms with Gasteiger partial charge in [-0.1, -0.05) is 29.8 Å². The van der Waals surface area contributed by atoms with Crippen molar-refractivity contribution in [1.82, 2.24) is 19.3 Å². The van der Waals surface area contributed by atoms with Crippen LogP contribution in [-0.4, -0.2) is 19.9 Å². The molecule has 1 atom stereocenters. The maximum Gasteiger partial charge on any atom is 0.277 e. The van der Waals surface area contributed by atoms with Crippen molar-refractivity contribution in [3.63, 3.8) is 0 Å². The van der Waals surface area contributed by atoms with Crippen molar-refractivity contribution in [3.05, 3.63) is 82.4 Å². The lowest BCUT2D eigenvalue weighted by atomic mass is 10.1. The second-order valence-electron chi connectivity index (χ2n) is 6.66. The molecule has 4 aromatic rings. The van der Waals surface area contributed by atoms with Crippen LogP contribution in [0.5, 0.6) is 0 Å². The summed E-state index contributed by atoms with van der Waals surface area (Å²) >= 11 is 0. The van der Waals surface area contributed by atoms with Gasteiger partial charge >= 0.3 is 0 Å². The molecule has 136 valence electrons. The Bertz CT molecular complexity index is 1190. The van der Waals surface area contributed by atoms with Crippen molar-refractivity contribution in [3.8, 4) is 0 Å². The fraction of sp³-hybridized carbons (Fsp3) is 0.190. The Labute approximate surface area is 156 Å². The fourth-order valence-electron chi connectivity index (χ4n) is 3.27. The molecular weight excluding hydrogens is 340 g/mol. The molecule has 0 aliphatic heterocycles. The average Bonchev–Trinajstić information content (AvgIpc) is 3.18. The number of carbonyl (C=O) groups excluding carboxylic acids is 1. The molecule has 0 saturated carbocycles. The fourth-order valence-corrected chi connectivity index (χ4v) is 3.27. The topological polar surface area (TPSA) is 68.4 Å². The second-order valence-corrected chi connectivity index (χ2v) is 6.66. The molecule has 1 N–H and O–H groups in total. The predicted molar refractivity (Wildman–Crippen MR) is 105 cm³/mol. The van der Waals surface area contributed by atoms with E-state index in [1.807, 2.05) is 55.6 Å². The summed E-state index contributed by atoms with van der Waals surface area (Å²) in [6.07, 6.45) is 3.46. The standard InChI is InChI=1S/C21H20N4O2/c1-14-7-9-16(10-8-14)13-23-20(26)15(2)25-19-17(5-3-11-22-19)24-12-4-6-18(24)21(25)27/h3-12,15H,13H2,1-2H3,(H,23,26). The monoisotopic (exact) mass is 360 g/mol. The van der Waals surface area contributed by atoms with Gasteiger partial charge in [0.05, 0.1) is 5.52 Å². The Balaban J connectivity index is 1.69. The molecule has 0 aliphatic rings. The zero-order chi connectivity index (χ0) is 19.0. The van der Waals surface area contributed by atoms with Crippen LogP contribution in [0.4, 0.5) is 0 Å². The van der Waals surface area contributed by atoms with E-state index in [9.17, 15) is 9.59 Å². The first-order chi connectivity index (χ1) is 13.1. The quantitative estimate of drug-likeness (QED) is 0.608. The van der Waals surface area contributed by atoms with Crippen molar-refractivity contribution in [1.29, 1.82) is 0 Å². The van der Waals surface area contributed by atoms with E-state index in [1.165, 1.54) is 10.1 Å². The van der Waals surface area contributed by atoms with Gasteiger partial charge in [0.15, 0.2) is 5.65 Å². The highest BCUT2D eigenvalue weighted by Gasteiger charge is 2.21. The van der Waals surface area contributed by atoms with E-state index in [4.69, 9.17) is 0 Å². The summed E-state index contributed by atoms with van der Waals surface area (Å²) in [5.74, 6) is -0.222. The minimum atomic E-state index is -0.680. The molecule has 0 aliphatic carbocycles. The molecule has 0 fully saturated rings. The van der Waals surface area contributed by atoms with Gasteiger partial charge in [0.2, 0.25) is 5.91 Å². The SMILES string of the molecule is Cc1ccc(CNC(=O)C(C)n2c(=O)c3cccn3c3cccnc32)cc1. The number of rotatable bonds is 4. The normalized spacial score (nSPS) is 12.4. The Morgan fingerprint density at radius 1 is 1.11 bits per heavy atom. The van der Waals surface area contributed by atoms with E-state index in [1.54, 1.807) is 23.6 Å². The predicted octanol–water partition coefficient (Wildman–Crippen LogP) is 2.84. The number of aryl methyl sites for hydroxylation is 1. The molecule has 4 rings (SSSR count). The van der Waals surface area contributed by atoms with Gasteiger partial charge in [0, 0.05) is 18.9 Å². The van der Waals surface area contributed by atoms with E-state index < -0.39 is 6.04 Å². The van der Waals surface area contributed by atoms with Gasteiger partial charge in [-0.05, 0) is 43.7 Å². The number of hydrogen-bond acceptors (Lipinski definition) is 3. The molecule has 3 aromatic heterocycles. The van der Waals surface area contributed by atoms with Crippen LogP contribution >= 0.6 is 0 Å². The van der Waals surface area contributed by atoms with Crippen LogP contribution in [0.3, 0.4) is 0 Å². The highest BCUT2D eigenvalue weighted by molar-refractivity contribution is 5.83. The number of nitrogens with one attached hydrogen (secondary N) is 1. The van der Waals surface area contributed by atoms with Crippen LogP contribution in [-0.2, 0) is 11.3 Å². The van der Waals surface area contributed by atoms with Crippen LogP contribution in [0.15, 0.2) is 65.7 Å². The van der Waals surface area contributed by atoms with E-state index in [2.05, 4.69) is 10.3 Å². The van der Waals surface area contributed by atoms with E-state index in [0.29, 0.717) is 17.7 Å². The van der Waals surface area contributed by atoms with Crippen LogP contribution < -0.4 is 10.9 Å². The molecule has 1 amide bonds. The Morgan fingerprint density at radius 2 is 1.85 bits per heavy atom. The minimum absolute atomic E-state index is 0.222. The Kier molecular flexibility index (Phi) is 4.24. The lowest BCUT2D eigenvalue weighted by molar-refractivity contribution is -0.124. The Morgan fingerprint density at radius 3 is 2.63 bits per heavy atom. The van der Waals surface area contributed by atoms with Gasteiger partial charge in [-0.3, -0.25) is 14.2 Å². The van der Waals surface area contributed by atoms with Gasteiger partial charge in [0.1, 0.15) is 11.6 Å². The molecule has 1 unspecified atom stereocenters. The number of fused-ring (bicyclic) bond motifs is 3. The van der Waals surface area contributed by atoms with Gasteiger partial charge in [-0.15, -0.1) is 0 Å². The van der Waals surface area contributed by atoms with Gasteiger partial charge in [-0.2, -0.15) is 0 Å². The van der Waals surface area contributed by atoms with Crippen LogP contribution in [0.25, 0.3) is 16.7 Å². The first kappa shape index (κ1) is 17.0. The maximum atomic E-state index is 13.0. The zero-order valence-corrected chi connectivity index (χ0v) is 15.2. The highest BCUT2D eigenvalue weighted by atomic mass is 16.2. The molecule has 0 saturated heterocycles. The summed E-state index contributed by atoms with van der Waals surface area (Å²) in [6, 6.07) is 14.6. The first-order valence-corrected chi connectivity index (χ1v) is 8.86. The molecule has 6 heteroatoms. The number of pyridine rings is 1. The van der Waals surface area contributed by atoms with Crippen LogP contribution in [0, 0.1) is 6.92 Å². The van der Waals surface area contributed by atoms with Crippen molar-refractivity contribution in [2.75, 3.05) is 0 Å². The molecule has 27 heavy (non-hydrogen) atoms. The van der Waals surface area contributed by atoms with Gasteiger partial charge in [0.25, 0.3) is 5.56 Å². The summed E-state index contributed by atoms with van der Waals surface area (Å²) in [5.41, 5.74) is 3.75. The number of benzene rings is 1. The number of hydrogen-bond donors (Lipinski definition) is 1. The summed E-state index contributed by atoms with van der Waals surface area (Å²) < 4.78 is 3.27. The molecule has 3 heterocycles. The third-order valence-electron chi connectivity index (χ3n) is 4.79. The third-order valence-corrected chi connectivity index (χ3v) is 4.79. The van der Waals surface area contributed by atoms with Gasteiger partial charge in [-0.25, -0.2) is 4.98 Å². The molecule has 0 spiro atoms. The van der Waals surface area contributed by atoms with Crippen molar-refractivity contribution >= 4 is 22.6 Å². The summed E-state index contributed by atoms with van der Waals surface area (Å²) in [5, 5.41) is 2.92. The third kappa shape index (κ3) is 2.99. The molecular formula is C21H20N4O2. The molecule has 6 nitrogen and oxygen atoms in total. The van der Waals surface area contributed by atoms with Crippen molar-refractivity contribution in [2.24, 2.45) is 0 Å². The smallest absolute Gasteiger partial charge is 0.277 e. The lowest BCUT2D eigenvalue weighted by Crippen LogP contribution is -2.36. The molecule has 0 bridgehead atoms. The maximum absolute atomic E-state index is 13.0. The number of carbonyl (C=O) groups is 1. The van der Waals surface area contributed by atoms with Crippen molar-refractivity contribution < 1.29 is 4.79 Å². The van der Waals surface area contributed by atoms with Crippen LogP contribution in [0.1, 0.15) is 24.1 Å². The number of aromatic nitrogens is 3. The van der Waals surface area contributed by atoms with E-state index in [0.717, 1.165) is 11.1 Å². The summed E-state index contributed by atoms with van der Waals surface area (Å²) in [7, 11) is 0. The highest BCUT2D eigenvalue weighted by Crippen LogP contribution is 2.17. The number of amides is 1. The first-order valence-electron chi connectivity index (χ1n) is 8.86. The second kappa shape index (κ2) is 6.72. The summed E-state index contributed by atoms with van der Waals surface area (Å²) in [4.78, 5) is 30.1. The van der Waals surface area contributed by atoms with E-state index >= 15 is 0 Å². The minimum Gasteiger partial charge on any atom is -0.350 e. The van der Waals surface area contributed by atoms with E-state index in [-0.39, 0.29) is 11.5 Å². The van der Waals surface area contributed by atoms with Crippen LogP contribution in [0.2, 0.25) is 0 Å². The average molecular weight is 360 g/mol. The Hall–Kier alpha value is -3.41. The number of nitrogens with zero attached hydrogens (tertiary/aromatic N) is 3.